The van der Waals surface area contributed by atoms with Gasteiger partial charge in [-0.3, -0.25) is 4.79 Å². The Morgan fingerprint density at radius 1 is 1.08 bits per heavy atom. The lowest BCUT2D eigenvalue weighted by Gasteiger charge is -2.15. The van der Waals surface area contributed by atoms with E-state index in [1.54, 1.807) is 48.5 Å². The van der Waals surface area contributed by atoms with Crippen molar-refractivity contribution in [3.63, 3.8) is 0 Å². The third-order valence-corrected chi connectivity index (χ3v) is 3.54. The van der Waals surface area contributed by atoms with Crippen LogP contribution in [0.2, 0.25) is 5.02 Å². The second-order valence-electron chi connectivity index (χ2n) is 5.29. The molecule has 1 amide bonds. The third kappa shape index (κ3) is 5.97. The molecule has 0 aromatic heterocycles. The molecule has 1 N–H and O–H groups in total. The van der Waals surface area contributed by atoms with Gasteiger partial charge < -0.3 is 19.5 Å². The molecule has 0 saturated heterocycles. The van der Waals surface area contributed by atoms with E-state index in [1.165, 1.54) is 6.92 Å². The monoisotopic (exact) mass is 377 g/mol. The summed E-state index contributed by atoms with van der Waals surface area (Å²) in [6, 6.07) is 13.6. The number of esters is 1. The molecule has 0 saturated carbocycles. The Kier molecular flexibility index (Phi) is 7.29. The van der Waals surface area contributed by atoms with Gasteiger partial charge in [0.05, 0.1) is 12.3 Å². The summed E-state index contributed by atoms with van der Waals surface area (Å²) in [5, 5.41) is 3.25. The van der Waals surface area contributed by atoms with Gasteiger partial charge in [-0.1, -0.05) is 23.7 Å². The van der Waals surface area contributed by atoms with Crippen LogP contribution in [0.15, 0.2) is 48.5 Å². The topological polar surface area (TPSA) is 73.9 Å². The molecule has 0 bridgehead atoms. The lowest BCUT2D eigenvalue weighted by Crippen LogP contribution is -2.31. The molecule has 0 aliphatic carbocycles. The molecule has 0 spiro atoms. The van der Waals surface area contributed by atoms with E-state index in [1.807, 2.05) is 6.92 Å². The molecule has 0 aliphatic rings. The van der Waals surface area contributed by atoms with E-state index in [-0.39, 0.29) is 6.61 Å². The van der Waals surface area contributed by atoms with Crippen LogP contribution in [0.3, 0.4) is 0 Å². The minimum atomic E-state index is -0.981. The Morgan fingerprint density at radius 2 is 1.77 bits per heavy atom. The standard InChI is InChI=1S/C19H20ClNO5/c1-3-24-17-7-5-4-6-16(17)21-19(23)13(2)26-18(22)12-25-15-10-8-14(20)9-11-15/h4-11,13H,3,12H2,1-2H3,(H,21,23). The first-order valence-electron chi connectivity index (χ1n) is 8.10. The maximum absolute atomic E-state index is 12.2. The molecule has 0 heterocycles. The van der Waals surface area contributed by atoms with Gasteiger partial charge in [-0.25, -0.2) is 4.79 Å². The van der Waals surface area contributed by atoms with Gasteiger partial charge in [0.1, 0.15) is 11.5 Å². The van der Waals surface area contributed by atoms with Crippen molar-refractivity contribution in [2.75, 3.05) is 18.5 Å². The number of carbonyl (C=O) groups is 2. The highest BCUT2D eigenvalue weighted by Gasteiger charge is 2.19. The molecule has 2 rings (SSSR count). The van der Waals surface area contributed by atoms with Gasteiger partial charge in [-0.15, -0.1) is 0 Å². The Morgan fingerprint density at radius 3 is 2.46 bits per heavy atom. The number of para-hydroxylation sites is 2. The summed E-state index contributed by atoms with van der Waals surface area (Å²) in [6.45, 7) is 3.50. The number of benzene rings is 2. The van der Waals surface area contributed by atoms with Crippen LogP contribution in [0.1, 0.15) is 13.8 Å². The van der Waals surface area contributed by atoms with Gasteiger partial charge in [0.2, 0.25) is 0 Å². The van der Waals surface area contributed by atoms with Gasteiger partial charge in [0, 0.05) is 5.02 Å². The summed E-state index contributed by atoms with van der Waals surface area (Å²) < 4.78 is 15.8. The van der Waals surface area contributed by atoms with Crippen LogP contribution in [0.5, 0.6) is 11.5 Å². The van der Waals surface area contributed by atoms with E-state index in [0.717, 1.165) is 0 Å². The number of carbonyl (C=O) groups excluding carboxylic acids is 2. The number of rotatable bonds is 8. The quantitative estimate of drug-likeness (QED) is 0.710. The molecule has 26 heavy (non-hydrogen) atoms. The molecule has 7 heteroatoms. The number of halogens is 1. The van der Waals surface area contributed by atoms with Crippen molar-refractivity contribution < 1.29 is 23.8 Å². The van der Waals surface area contributed by atoms with Crippen molar-refractivity contribution in [3.05, 3.63) is 53.6 Å². The molecule has 0 fully saturated rings. The zero-order valence-corrected chi connectivity index (χ0v) is 15.3. The summed E-state index contributed by atoms with van der Waals surface area (Å²) in [6.07, 6.45) is -0.981. The van der Waals surface area contributed by atoms with Crippen molar-refractivity contribution in [2.24, 2.45) is 0 Å². The molecule has 2 aromatic rings. The van der Waals surface area contributed by atoms with Gasteiger partial charge in [0.25, 0.3) is 5.91 Å². The molecule has 138 valence electrons. The third-order valence-electron chi connectivity index (χ3n) is 3.29. The SMILES string of the molecule is CCOc1ccccc1NC(=O)C(C)OC(=O)COc1ccc(Cl)cc1. The zero-order chi connectivity index (χ0) is 18.9. The number of ether oxygens (including phenoxy) is 3. The normalized spacial score (nSPS) is 11.3. The zero-order valence-electron chi connectivity index (χ0n) is 14.5. The highest BCUT2D eigenvalue weighted by molar-refractivity contribution is 6.30. The summed E-state index contributed by atoms with van der Waals surface area (Å²) in [4.78, 5) is 24.1. The number of nitrogens with one attached hydrogen (secondary N) is 1. The fraction of sp³-hybridized carbons (Fsp3) is 0.263. The average Bonchev–Trinajstić information content (AvgIpc) is 2.63. The minimum Gasteiger partial charge on any atom is -0.492 e. The molecule has 0 radical (unpaired) electrons. The first-order valence-corrected chi connectivity index (χ1v) is 8.48. The highest BCUT2D eigenvalue weighted by Crippen LogP contribution is 2.24. The van der Waals surface area contributed by atoms with E-state index in [0.29, 0.717) is 28.8 Å². The van der Waals surface area contributed by atoms with E-state index in [4.69, 9.17) is 25.8 Å². The summed E-state index contributed by atoms with van der Waals surface area (Å²) >= 11 is 5.77. The fourth-order valence-electron chi connectivity index (χ4n) is 2.04. The van der Waals surface area contributed by atoms with Crippen molar-refractivity contribution in [2.45, 2.75) is 20.0 Å². The van der Waals surface area contributed by atoms with Crippen LogP contribution in [-0.4, -0.2) is 31.2 Å². The van der Waals surface area contributed by atoms with Gasteiger partial charge in [-0.2, -0.15) is 0 Å². The first-order chi connectivity index (χ1) is 12.5. The fourth-order valence-corrected chi connectivity index (χ4v) is 2.17. The van der Waals surface area contributed by atoms with Crippen LogP contribution in [-0.2, 0) is 14.3 Å². The first kappa shape index (κ1) is 19.6. The predicted octanol–water partition coefficient (Wildman–Crippen LogP) is 3.69. The van der Waals surface area contributed by atoms with Crippen molar-refractivity contribution in [1.29, 1.82) is 0 Å². The highest BCUT2D eigenvalue weighted by atomic mass is 35.5. The van der Waals surface area contributed by atoms with Crippen LogP contribution in [0, 0.1) is 0 Å². The van der Waals surface area contributed by atoms with Crippen LogP contribution in [0.25, 0.3) is 0 Å². The molecular weight excluding hydrogens is 358 g/mol. The molecule has 1 atom stereocenters. The van der Waals surface area contributed by atoms with Crippen molar-refractivity contribution in [3.8, 4) is 11.5 Å². The molecule has 0 aliphatic heterocycles. The lowest BCUT2D eigenvalue weighted by atomic mass is 10.2. The molecule has 2 aromatic carbocycles. The van der Waals surface area contributed by atoms with E-state index in [2.05, 4.69) is 5.32 Å². The molecule has 6 nitrogen and oxygen atoms in total. The maximum Gasteiger partial charge on any atom is 0.344 e. The Hall–Kier alpha value is -2.73. The van der Waals surface area contributed by atoms with Crippen LogP contribution >= 0.6 is 11.6 Å². The smallest absolute Gasteiger partial charge is 0.344 e. The van der Waals surface area contributed by atoms with E-state index < -0.39 is 18.0 Å². The predicted molar refractivity (Wildman–Crippen MR) is 98.7 cm³/mol. The second kappa shape index (κ2) is 9.68. The molecular formula is C19H20ClNO5. The van der Waals surface area contributed by atoms with E-state index >= 15 is 0 Å². The summed E-state index contributed by atoms with van der Waals surface area (Å²) in [7, 11) is 0. The minimum absolute atomic E-state index is 0.311. The van der Waals surface area contributed by atoms with Crippen molar-refractivity contribution in [1.82, 2.24) is 0 Å². The van der Waals surface area contributed by atoms with Crippen LogP contribution in [0.4, 0.5) is 5.69 Å². The van der Waals surface area contributed by atoms with Crippen LogP contribution < -0.4 is 14.8 Å². The number of hydrogen-bond acceptors (Lipinski definition) is 5. The Labute approximate surface area is 157 Å². The summed E-state index contributed by atoms with van der Waals surface area (Å²) in [5.74, 6) is -0.0836. The average molecular weight is 378 g/mol. The molecule has 1 unspecified atom stereocenters. The van der Waals surface area contributed by atoms with E-state index in [9.17, 15) is 9.59 Å². The Balaban J connectivity index is 1.84. The number of amides is 1. The van der Waals surface area contributed by atoms with Gasteiger partial charge in [0.15, 0.2) is 12.7 Å². The van der Waals surface area contributed by atoms with Gasteiger partial charge in [-0.05, 0) is 50.2 Å². The second-order valence-corrected chi connectivity index (χ2v) is 5.73. The van der Waals surface area contributed by atoms with Gasteiger partial charge >= 0.3 is 5.97 Å². The lowest BCUT2D eigenvalue weighted by molar-refractivity contribution is -0.155. The number of anilines is 1. The van der Waals surface area contributed by atoms with Crippen molar-refractivity contribution >= 4 is 29.2 Å². The maximum atomic E-state index is 12.2. The largest absolute Gasteiger partial charge is 0.492 e. The number of hydrogen-bond donors (Lipinski definition) is 1. The summed E-state index contributed by atoms with van der Waals surface area (Å²) in [5.41, 5.74) is 0.514. The Bertz CT molecular complexity index is 748.